The minimum absolute atomic E-state index is 0.530. The van der Waals surface area contributed by atoms with Gasteiger partial charge in [0.1, 0.15) is 11.8 Å². The summed E-state index contributed by atoms with van der Waals surface area (Å²) in [7, 11) is 0. The molecule has 4 nitrogen and oxygen atoms in total. The van der Waals surface area contributed by atoms with Crippen LogP contribution in [0.1, 0.15) is 0 Å². The summed E-state index contributed by atoms with van der Waals surface area (Å²) in [6.45, 7) is -0.604. The van der Waals surface area contributed by atoms with Crippen molar-refractivity contribution in [2.24, 2.45) is 0 Å². The van der Waals surface area contributed by atoms with Crippen molar-refractivity contribution < 1.29 is 4.39 Å². The van der Waals surface area contributed by atoms with Gasteiger partial charge in [0.05, 0.1) is 12.5 Å². The number of imidazole rings is 1. The number of aromatic nitrogens is 4. The lowest BCUT2D eigenvalue weighted by Crippen LogP contribution is -1.91. The lowest BCUT2D eigenvalue weighted by molar-refractivity contribution is 0.383. The Hall–Kier alpha value is -1.52. The van der Waals surface area contributed by atoms with Gasteiger partial charge < -0.3 is 0 Å². The third-order valence-corrected chi connectivity index (χ3v) is 1.41. The third kappa shape index (κ3) is 0.849. The zero-order chi connectivity index (χ0) is 7.68. The Labute approximate surface area is 61.7 Å². The minimum Gasteiger partial charge on any atom is -0.286 e. The van der Waals surface area contributed by atoms with Crippen LogP contribution in [0, 0.1) is 0 Å². The predicted molar refractivity (Wildman–Crippen MR) is 36.4 cm³/mol. The Morgan fingerprint density at radius 2 is 2.36 bits per heavy atom. The predicted octanol–water partition coefficient (Wildman–Crippen LogP) is 0.753. The summed E-state index contributed by atoms with van der Waals surface area (Å²) in [5.74, 6) is 0. The molecule has 2 heterocycles. The van der Waals surface area contributed by atoms with Gasteiger partial charge in [0.25, 0.3) is 0 Å². The highest BCUT2D eigenvalue weighted by atomic mass is 19.1. The Bertz CT molecular complexity index is 369. The molecule has 56 valence electrons. The smallest absolute Gasteiger partial charge is 0.168 e. The molecule has 0 amide bonds. The van der Waals surface area contributed by atoms with Crippen molar-refractivity contribution in [3.05, 3.63) is 18.9 Å². The zero-order valence-electron chi connectivity index (χ0n) is 5.61. The third-order valence-electron chi connectivity index (χ3n) is 1.41. The highest BCUT2D eigenvalue weighted by Crippen LogP contribution is 2.06. The Balaban J connectivity index is 2.76. The second-order valence-electron chi connectivity index (χ2n) is 2.07. The van der Waals surface area contributed by atoms with E-state index in [1.165, 1.54) is 17.2 Å². The number of hydrogen-bond donors (Lipinski definition) is 0. The maximum atomic E-state index is 12.2. The van der Waals surface area contributed by atoms with E-state index < -0.39 is 6.80 Å². The molecule has 0 spiro atoms. The van der Waals surface area contributed by atoms with Crippen molar-refractivity contribution in [1.82, 2.24) is 19.5 Å². The largest absolute Gasteiger partial charge is 0.286 e. The van der Waals surface area contributed by atoms with Crippen LogP contribution >= 0.6 is 0 Å². The maximum absolute atomic E-state index is 12.2. The first-order valence-electron chi connectivity index (χ1n) is 3.08. The standard InChI is InChI=1S/C6H5FN4/c7-2-11-4-10-5-1-8-3-9-6(5)11/h1,3-4H,2H2. The summed E-state index contributed by atoms with van der Waals surface area (Å²) >= 11 is 0. The summed E-state index contributed by atoms with van der Waals surface area (Å²) in [4.78, 5) is 11.5. The minimum atomic E-state index is -0.604. The topological polar surface area (TPSA) is 43.6 Å². The van der Waals surface area contributed by atoms with Crippen molar-refractivity contribution in [1.29, 1.82) is 0 Å². The monoisotopic (exact) mass is 152 g/mol. The maximum Gasteiger partial charge on any atom is 0.168 e. The van der Waals surface area contributed by atoms with E-state index in [0.29, 0.717) is 11.2 Å². The van der Waals surface area contributed by atoms with Gasteiger partial charge in [-0.1, -0.05) is 0 Å². The number of rotatable bonds is 1. The molecular formula is C6H5FN4. The van der Waals surface area contributed by atoms with Crippen molar-refractivity contribution in [2.45, 2.75) is 6.80 Å². The first-order valence-corrected chi connectivity index (χ1v) is 3.08. The van der Waals surface area contributed by atoms with Crippen LogP contribution in [0.15, 0.2) is 18.9 Å². The number of hydrogen-bond acceptors (Lipinski definition) is 3. The number of nitrogens with zero attached hydrogens (tertiary/aromatic N) is 4. The molecule has 0 unspecified atom stereocenters. The van der Waals surface area contributed by atoms with Crippen LogP contribution in [-0.4, -0.2) is 19.5 Å². The second-order valence-corrected chi connectivity index (χ2v) is 2.07. The summed E-state index contributed by atoms with van der Waals surface area (Å²) < 4.78 is 13.5. The van der Waals surface area contributed by atoms with E-state index in [0.717, 1.165) is 0 Å². The summed E-state index contributed by atoms with van der Waals surface area (Å²) in [5.41, 5.74) is 1.15. The molecule has 0 aliphatic heterocycles. The van der Waals surface area contributed by atoms with E-state index in [-0.39, 0.29) is 0 Å². The molecule has 0 atom stereocenters. The van der Waals surface area contributed by atoms with E-state index in [1.54, 1.807) is 6.20 Å². The Kier molecular flexibility index (Phi) is 1.28. The molecule has 0 radical (unpaired) electrons. The van der Waals surface area contributed by atoms with Crippen molar-refractivity contribution in [3.63, 3.8) is 0 Å². The van der Waals surface area contributed by atoms with Gasteiger partial charge >= 0.3 is 0 Å². The molecule has 0 aromatic carbocycles. The molecule has 0 N–H and O–H groups in total. The van der Waals surface area contributed by atoms with Gasteiger partial charge in [0.2, 0.25) is 0 Å². The van der Waals surface area contributed by atoms with Crippen LogP contribution < -0.4 is 0 Å². The molecule has 0 saturated carbocycles. The van der Waals surface area contributed by atoms with Gasteiger partial charge in [-0.15, -0.1) is 0 Å². The van der Waals surface area contributed by atoms with Crippen molar-refractivity contribution in [3.8, 4) is 0 Å². The van der Waals surface area contributed by atoms with E-state index in [1.807, 2.05) is 0 Å². The van der Waals surface area contributed by atoms with Gasteiger partial charge in [-0.3, -0.25) is 4.57 Å². The number of fused-ring (bicyclic) bond motifs is 1. The van der Waals surface area contributed by atoms with Gasteiger partial charge in [0.15, 0.2) is 12.4 Å². The van der Waals surface area contributed by atoms with Crippen LogP contribution in [0.3, 0.4) is 0 Å². The first-order chi connectivity index (χ1) is 5.42. The Morgan fingerprint density at radius 3 is 3.18 bits per heavy atom. The van der Waals surface area contributed by atoms with Crippen LogP contribution in [0.4, 0.5) is 4.39 Å². The van der Waals surface area contributed by atoms with Crippen LogP contribution in [0.5, 0.6) is 0 Å². The van der Waals surface area contributed by atoms with E-state index in [4.69, 9.17) is 0 Å². The van der Waals surface area contributed by atoms with Crippen LogP contribution in [-0.2, 0) is 6.80 Å². The molecule has 2 aromatic rings. The summed E-state index contributed by atoms with van der Waals surface area (Å²) in [5, 5.41) is 0. The molecule has 11 heavy (non-hydrogen) atoms. The molecular weight excluding hydrogens is 147 g/mol. The molecule has 0 aliphatic carbocycles. The fourth-order valence-corrected chi connectivity index (χ4v) is 0.902. The molecule has 2 rings (SSSR count). The average Bonchev–Trinajstić information content (AvgIpc) is 2.47. The molecule has 0 fully saturated rings. The van der Waals surface area contributed by atoms with Crippen LogP contribution in [0.25, 0.3) is 11.2 Å². The fourth-order valence-electron chi connectivity index (χ4n) is 0.902. The van der Waals surface area contributed by atoms with E-state index in [9.17, 15) is 4.39 Å². The Morgan fingerprint density at radius 1 is 1.45 bits per heavy atom. The molecule has 0 bridgehead atoms. The summed E-state index contributed by atoms with van der Waals surface area (Å²) in [6, 6.07) is 0. The highest BCUT2D eigenvalue weighted by Gasteiger charge is 2.00. The van der Waals surface area contributed by atoms with Crippen molar-refractivity contribution in [2.75, 3.05) is 0 Å². The van der Waals surface area contributed by atoms with Gasteiger partial charge in [-0.05, 0) is 0 Å². The van der Waals surface area contributed by atoms with Gasteiger partial charge in [0, 0.05) is 0 Å². The van der Waals surface area contributed by atoms with E-state index in [2.05, 4.69) is 15.0 Å². The lowest BCUT2D eigenvalue weighted by atomic mass is 10.6. The van der Waals surface area contributed by atoms with Gasteiger partial charge in [-0.25, -0.2) is 19.3 Å². The van der Waals surface area contributed by atoms with Crippen LogP contribution in [0.2, 0.25) is 0 Å². The normalized spacial score (nSPS) is 10.6. The molecule has 0 aliphatic rings. The lowest BCUT2D eigenvalue weighted by Gasteiger charge is -1.92. The van der Waals surface area contributed by atoms with Gasteiger partial charge in [-0.2, -0.15) is 0 Å². The second kappa shape index (κ2) is 2.26. The fraction of sp³-hybridized carbons (Fsp3) is 0.167. The molecule has 0 saturated heterocycles. The molecule has 5 heteroatoms. The number of alkyl halides is 1. The molecule has 2 aromatic heterocycles. The average molecular weight is 152 g/mol. The highest BCUT2D eigenvalue weighted by molar-refractivity contribution is 5.68. The number of halogens is 1. The SMILES string of the molecule is FCn1cnc2cncnc21. The van der Waals surface area contributed by atoms with E-state index >= 15 is 0 Å². The quantitative estimate of drug-likeness (QED) is 0.605. The summed E-state index contributed by atoms with van der Waals surface area (Å²) in [6.07, 6.45) is 4.32. The zero-order valence-corrected chi connectivity index (χ0v) is 5.61. The first kappa shape index (κ1) is 6.21. The van der Waals surface area contributed by atoms with Crippen molar-refractivity contribution >= 4 is 11.2 Å².